The van der Waals surface area contributed by atoms with Crippen molar-refractivity contribution < 1.29 is 28.8 Å². The summed E-state index contributed by atoms with van der Waals surface area (Å²) >= 11 is 0. The third-order valence-corrected chi connectivity index (χ3v) is 9.70. The maximum Gasteiger partial charge on any atom is 0.194 e. The zero-order chi connectivity index (χ0) is 37.6. The number of ketones is 6. The highest BCUT2D eigenvalue weighted by Crippen LogP contribution is 2.32. The highest BCUT2D eigenvalue weighted by molar-refractivity contribution is 6.30. The van der Waals surface area contributed by atoms with E-state index in [4.69, 9.17) is 0 Å². The van der Waals surface area contributed by atoms with Crippen LogP contribution in [0.2, 0.25) is 0 Å². The van der Waals surface area contributed by atoms with Crippen LogP contribution >= 0.6 is 0 Å². The fourth-order valence-corrected chi connectivity index (χ4v) is 6.83. The molecule has 6 nitrogen and oxygen atoms in total. The van der Waals surface area contributed by atoms with E-state index in [0.717, 1.165) is 11.1 Å². The van der Waals surface area contributed by atoms with Crippen LogP contribution in [0.5, 0.6) is 0 Å². The minimum atomic E-state index is -0.0641. The molecule has 3 aliphatic carbocycles. The molecule has 0 spiro atoms. The van der Waals surface area contributed by atoms with Crippen LogP contribution in [0.15, 0.2) is 133 Å². The predicted octanol–water partition coefficient (Wildman–Crippen LogP) is 8.99. The molecule has 6 aromatic rings. The molecule has 0 amide bonds. The van der Waals surface area contributed by atoms with E-state index in [1.165, 1.54) is 0 Å². The second-order valence-corrected chi connectivity index (χ2v) is 14.2. The van der Waals surface area contributed by atoms with Gasteiger partial charge in [-0.05, 0) is 36.1 Å². The molecule has 0 unspecified atom stereocenters. The Morgan fingerprint density at radius 2 is 0.547 bits per heavy atom. The molecule has 0 saturated carbocycles. The number of aryl methyl sites for hydroxylation is 1. The smallest absolute Gasteiger partial charge is 0.194 e. The van der Waals surface area contributed by atoms with E-state index in [1.54, 1.807) is 115 Å². The van der Waals surface area contributed by atoms with Crippen molar-refractivity contribution in [2.24, 2.45) is 0 Å². The van der Waals surface area contributed by atoms with E-state index < -0.39 is 0 Å². The zero-order valence-corrected chi connectivity index (χ0v) is 29.7. The first-order valence-corrected chi connectivity index (χ1v) is 17.3. The van der Waals surface area contributed by atoms with Crippen LogP contribution in [0.1, 0.15) is 127 Å². The second kappa shape index (κ2) is 13.5. The Hall–Kier alpha value is -6.66. The molecular weight excluding hydrogens is 661 g/mol. The first kappa shape index (κ1) is 34.8. The maximum absolute atomic E-state index is 12.6. The molecule has 3 aliphatic rings. The summed E-state index contributed by atoms with van der Waals surface area (Å²) in [6.07, 6.45) is 0. The SMILES string of the molecule is CC(C)(C)c1ccc2c(c1)C(=O)c1ccccc1C2=O.Cc1ccc2c(c1)C(=O)c1ccccc1C2=O.O=C1c2ccccc2C(=O)c2ccccc21. The zero-order valence-electron chi connectivity index (χ0n) is 29.7. The molecule has 0 aromatic heterocycles. The quantitative estimate of drug-likeness (QED) is 0.157. The Bertz CT molecular complexity index is 2460. The van der Waals surface area contributed by atoms with Crippen LogP contribution in [0.3, 0.4) is 0 Å². The van der Waals surface area contributed by atoms with E-state index in [2.05, 4.69) is 20.8 Å². The van der Waals surface area contributed by atoms with Gasteiger partial charge in [-0.3, -0.25) is 28.8 Å². The fraction of sp³-hybridized carbons (Fsp3) is 0.106. The van der Waals surface area contributed by atoms with Gasteiger partial charge in [0.05, 0.1) is 0 Å². The highest BCUT2D eigenvalue weighted by atomic mass is 16.2. The van der Waals surface area contributed by atoms with E-state index in [9.17, 15) is 28.8 Å². The summed E-state index contributed by atoms with van der Waals surface area (Å²) in [7, 11) is 0. The molecule has 6 aromatic carbocycles. The maximum atomic E-state index is 12.6. The molecular formula is C47H34O6. The summed E-state index contributed by atoms with van der Waals surface area (Å²) in [4.78, 5) is 73.7. The van der Waals surface area contributed by atoms with Crippen LogP contribution in [0, 0.1) is 6.92 Å². The Labute approximate surface area is 307 Å². The van der Waals surface area contributed by atoms with Crippen molar-refractivity contribution >= 4 is 34.7 Å². The molecule has 0 N–H and O–H groups in total. The Balaban J connectivity index is 0.000000124. The van der Waals surface area contributed by atoms with Gasteiger partial charge in [0.15, 0.2) is 34.7 Å². The lowest BCUT2D eigenvalue weighted by molar-refractivity contribution is 0.0979. The summed E-state index contributed by atoms with van der Waals surface area (Å²) in [6, 6.07) is 38.9. The molecule has 9 rings (SSSR count). The lowest BCUT2D eigenvalue weighted by atomic mass is 9.79. The van der Waals surface area contributed by atoms with Gasteiger partial charge in [-0.1, -0.05) is 142 Å². The summed E-state index contributed by atoms with van der Waals surface area (Å²) in [5.41, 5.74) is 8.15. The number of carbonyl (C=O) groups is 6. The van der Waals surface area contributed by atoms with Crippen LogP contribution in [-0.2, 0) is 5.41 Å². The standard InChI is InChI=1S/C18H16O2.C15H10O2.C14H8O2/c1-18(2,3)11-8-9-14-15(10-11)17(20)13-7-5-4-6-12(13)16(14)19;1-9-6-7-12-13(8-9)15(17)11-5-3-2-4-10(11)14(12)16;15-13-9-5-1-2-6-10(9)14(16)12-8-4-3-7-11(12)13/h4-10H,1-3H3;2-8H,1H3;1-8H. The van der Waals surface area contributed by atoms with E-state index in [-0.39, 0.29) is 40.1 Å². The summed E-state index contributed by atoms with van der Waals surface area (Å²) in [5.74, 6) is -0.359. The molecule has 0 radical (unpaired) electrons. The lowest BCUT2D eigenvalue weighted by Gasteiger charge is -2.23. The lowest BCUT2D eigenvalue weighted by Crippen LogP contribution is -2.22. The van der Waals surface area contributed by atoms with Crippen molar-refractivity contribution in [3.63, 3.8) is 0 Å². The average Bonchev–Trinajstić information content (AvgIpc) is 3.18. The molecule has 258 valence electrons. The Morgan fingerprint density at radius 1 is 0.302 bits per heavy atom. The van der Waals surface area contributed by atoms with Gasteiger partial charge >= 0.3 is 0 Å². The topological polar surface area (TPSA) is 102 Å². The van der Waals surface area contributed by atoms with Crippen LogP contribution in [-0.4, -0.2) is 34.7 Å². The largest absolute Gasteiger partial charge is 0.289 e. The van der Waals surface area contributed by atoms with Gasteiger partial charge in [-0.2, -0.15) is 0 Å². The van der Waals surface area contributed by atoms with Gasteiger partial charge in [0.1, 0.15) is 0 Å². The Morgan fingerprint density at radius 3 is 0.849 bits per heavy atom. The van der Waals surface area contributed by atoms with Crippen molar-refractivity contribution in [3.8, 4) is 0 Å². The van der Waals surface area contributed by atoms with Crippen molar-refractivity contribution in [1.29, 1.82) is 0 Å². The first-order valence-electron chi connectivity index (χ1n) is 17.3. The number of benzene rings is 6. The molecule has 0 aliphatic heterocycles. The van der Waals surface area contributed by atoms with Gasteiger partial charge in [0, 0.05) is 66.8 Å². The highest BCUT2D eigenvalue weighted by Gasteiger charge is 2.32. The van der Waals surface area contributed by atoms with Gasteiger partial charge in [0.2, 0.25) is 0 Å². The molecule has 0 saturated heterocycles. The van der Waals surface area contributed by atoms with Gasteiger partial charge in [-0.25, -0.2) is 0 Å². The van der Waals surface area contributed by atoms with Crippen molar-refractivity contribution in [2.45, 2.75) is 33.1 Å². The van der Waals surface area contributed by atoms with Gasteiger partial charge < -0.3 is 0 Å². The van der Waals surface area contributed by atoms with Crippen molar-refractivity contribution in [1.82, 2.24) is 0 Å². The van der Waals surface area contributed by atoms with Crippen molar-refractivity contribution in [2.75, 3.05) is 0 Å². The fourth-order valence-electron chi connectivity index (χ4n) is 6.83. The third kappa shape index (κ3) is 6.19. The number of carbonyl (C=O) groups excluding carboxylic acids is 6. The van der Waals surface area contributed by atoms with Gasteiger partial charge in [0.25, 0.3) is 0 Å². The number of hydrogen-bond acceptors (Lipinski definition) is 6. The predicted molar refractivity (Wildman–Crippen MR) is 203 cm³/mol. The van der Waals surface area contributed by atoms with E-state index in [1.807, 2.05) is 25.1 Å². The van der Waals surface area contributed by atoms with Crippen LogP contribution in [0.4, 0.5) is 0 Å². The molecule has 6 heteroatoms. The monoisotopic (exact) mass is 694 g/mol. The first-order chi connectivity index (χ1) is 25.4. The van der Waals surface area contributed by atoms with Gasteiger partial charge in [-0.15, -0.1) is 0 Å². The van der Waals surface area contributed by atoms with E-state index in [0.29, 0.717) is 66.8 Å². The summed E-state index contributed by atoms with van der Waals surface area (Å²) in [6.45, 7) is 8.20. The number of rotatable bonds is 0. The minimum Gasteiger partial charge on any atom is -0.289 e. The second-order valence-electron chi connectivity index (χ2n) is 14.2. The average molecular weight is 695 g/mol. The molecule has 0 atom stereocenters. The van der Waals surface area contributed by atoms with Crippen LogP contribution < -0.4 is 0 Å². The minimum absolute atomic E-state index is 0.0463. The summed E-state index contributed by atoms with van der Waals surface area (Å²) in [5, 5.41) is 0. The molecule has 0 fully saturated rings. The van der Waals surface area contributed by atoms with Crippen molar-refractivity contribution in [3.05, 3.63) is 211 Å². The normalized spacial score (nSPS) is 13.5. The number of fused-ring (bicyclic) bond motifs is 6. The Kier molecular flexibility index (Phi) is 8.84. The van der Waals surface area contributed by atoms with E-state index >= 15 is 0 Å². The molecule has 0 bridgehead atoms. The summed E-state index contributed by atoms with van der Waals surface area (Å²) < 4.78 is 0. The molecule has 0 heterocycles. The van der Waals surface area contributed by atoms with Crippen LogP contribution in [0.25, 0.3) is 0 Å². The third-order valence-electron chi connectivity index (χ3n) is 9.70. The molecule has 53 heavy (non-hydrogen) atoms. The number of hydrogen-bond donors (Lipinski definition) is 0.